The summed E-state index contributed by atoms with van der Waals surface area (Å²) in [7, 11) is 0. The highest BCUT2D eigenvalue weighted by Gasteiger charge is 2.46. The average Bonchev–Trinajstić information content (AvgIpc) is 3.43. The van der Waals surface area contributed by atoms with Crippen LogP contribution >= 0.6 is 0 Å². The number of fused-ring (bicyclic) bond motifs is 1. The Kier molecular flexibility index (Phi) is 9.40. The molecule has 0 bridgehead atoms. The topological polar surface area (TPSA) is 252 Å². The molecule has 43 heavy (non-hydrogen) atoms. The summed E-state index contributed by atoms with van der Waals surface area (Å²) in [6, 6.07) is 9.12. The van der Waals surface area contributed by atoms with Crippen LogP contribution in [0.2, 0.25) is 0 Å². The van der Waals surface area contributed by atoms with Crippen LogP contribution in [0.25, 0.3) is 22.3 Å². The summed E-state index contributed by atoms with van der Waals surface area (Å²) in [6.45, 7) is -1.64. The fraction of sp³-hybridized carbons (Fsp3) is 0.500. The van der Waals surface area contributed by atoms with Gasteiger partial charge in [0.15, 0.2) is 0 Å². The second-order valence-electron chi connectivity index (χ2n) is 10.4. The second-order valence-corrected chi connectivity index (χ2v) is 10.4. The van der Waals surface area contributed by atoms with Crippen molar-refractivity contribution in [1.82, 2.24) is 0 Å². The third-order valence-corrected chi connectivity index (χ3v) is 7.52. The SMILES string of the molecule is OCCc1c(O)cc(-c2cc3ccc(O[C@@H]4O[C@H](CO)[C@@H](O)[C@H](O)[C@H]4O)cc3o2)cc1O[C@@H]1O[C@H](CO)[C@@H](O)[C@H](O)[C@H]1O. The van der Waals surface area contributed by atoms with Crippen LogP contribution in [0.3, 0.4) is 0 Å². The molecule has 10 N–H and O–H groups in total. The molecule has 10 atom stereocenters. The van der Waals surface area contributed by atoms with Gasteiger partial charge in [0, 0.05) is 35.6 Å². The van der Waals surface area contributed by atoms with Crippen molar-refractivity contribution in [2.45, 2.75) is 67.8 Å². The molecule has 3 heterocycles. The molecule has 0 aliphatic carbocycles. The van der Waals surface area contributed by atoms with Crippen molar-refractivity contribution in [2.24, 2.45) is 0 Å². The first kappa shape index (κ1) is 31.4. The summed E-state index contributed by atoms with van der Waals surface area (Å²) >= 11 is 0. The van der Waals surface area contributed by atoms with Crippen LogP contribution in [0.15, 0.2) is 40.8 Å². The van der Waals surface area contributed by atoms with E-state index in [0.29, 0.717) is 16.5 Å². The van der Waals surface area contributed by atoms with E-state index in [-0.39, 0.29) is 41.6 Å². The van der Waals surface area contributed by atoms with Gasteiger partial charge in [-0.25, -0.2) is 0 Å². The monoisotopic (exact) mass is 610 g/mol. The summed E-state index contributed by atoms with van der Waals surface area (Å²) in [6.07, 6.45) is -15.1. The molecule has 236 valence electrons. The Morgan fingerprint density at radius 2 is 1.28 bits per heavy atom. The average molecular weight is 611 g/mol. The zero-order chi connectivity index (χ0) is 31.0. The molecule has 15 heteroatoms. The maximum atomic E-state index is 10.8. The number of hydrogen-bond acceptors (Lipinski definition) is 15. The molecule has 2 aromatic carbocycles. The van der Waals surface area contributed by atoms with E-state index in [1.807, 2.05) is 0 Å². The van der Waals surface area contributed by atoms with E-state index < -0.39 is 74.6 Å². The number of furan rings is 1. The number of benzene rings is 2. The standard InChI is InChI=1S/C28H34O15/c29-4-3-14-15(32)5-12(7-18(14)41-28-26(38)24(36)22(34)20(10-31)43-28)16-6-11-1-2-13(8-17(11)40-16)39-27-25(37)23(35)21(33)19(9-30)42-27/h1-2,5-8,19-38H,3-4,9-10H2/t19-,20-,21-,22-,23+,24+,25-,26-,27-,28-/m1/s1. The lowest BCUT2D eigenvalue weighted by atomic mass is 9.99. The predicted octanol–water partition coefficient (Wildman–Crippen LogP) is -2.30. The van der Waals surface area contributed by atoms with Gasteiger partial charge in [0.25, 0.3) is 0 Å². The third-order valence-electron chi connectivity index (χ3n) is 7.52. The smallest absolute Gasteiger partial charge is 0.229 e. The first-order valence-corrected chi connectivity index (χ1v) is 13.5. The highest BCUT2D eigenvalue weighted by Crippen LogP contribution is 2.39. The molecule has 2 fully saturated rings. The number of hydrogen-bond donors (Lipinski definition) is 10. The van der Waals surface area contributed by atoms with Gasteiger partial charge in [-0.2, -0.15) is 0 Å². The van der Waals surface area contributed by atoms with Gasteiger partial charge in [-0.3, -0.25) is 0 Å². The number of rotatable bonds is 9. The predicted molar refractivity (Wildman–Crippen MR) is 143 cm³/mol. The van der Waals surface area contributed by atoms with Crippen LogP contribution in [0.1, 0.15) is 5.56 Å². The van der Waals surface area contributed by atoms with Crippen LogP contribution in [-0.4, -0.2) is 132 Å². The van der Waals surface area contributed by atoms with Gasteiger partial charge in [0.2, 0.25) is 12.6 Å². The molecule has 15 nitrogen and oxygen atoms in total. The lowest BCUT2D eigenvalue weighted by Crippen LogP contribution is -2.60. The molecule has 2 aliphatic heterocycles. The van der Waals surface area contributed by atoms with E-state index in [4.69, 9.17) is 23.4 Å². The van der Waals surface area contributed by atoms with E-state index in [2.05, 4.69) is 0 Å². The lowest BCUT2D eigenvalue weighted by molar-refractivity contribution is -0.277. The maximum absolute atomic E-state index is 10.8. The zero-order valence-electron chi connectivity index (χ0n) is 22.6. The Labute approximate surface area is 243 Å². The highest BCUT2D eigenvalue weighted by molar-refractivity contribution is 5.84. The molecule has 0 spiro atoms. The fourth-order valence-electron chi connectivity index (χ4n) is 5.06. The van der Waals surface area contributed by atoms with Crippen LogP contribution in [0.4, 0.5) is 0 Å². The molecule has 3 aromatic rings. The molecule has 2 saturated heterocycles. The quantitative estimate of drug-likeness (QED) is 0.122. The Bertz CT molecular complexity index is 1390. The van der Waals surface area contributed by atoms with Gasteiger partial charge >= 0.3 is 0 Å². The van der Waals surface area contributed by atoms with Gasteiger partial charge in [0.1, 0.15) is 77.4 Å². The van der Waals surface area contributed by atoms with Gasteiger partial charge in [-0.05, 0) is 30.3 Å². The summed E-state index contributed by atoms with van der Waals surface area (Å²) in [5.41, 5.74) is 0.785. The maximum Gasteiger partial charge on any atom is 0.229 e. The van der Waals surface area contributed by atoms with Gasteiger partial charge in [-0.1, -0.05) is 0 Å². The number of ether oxygens (including phenoxy) is 4. The largest absolute Gasteiger partial charge is 0.508 e. The summed E-state index contributed by atoms with van der Waals surface area (Å²) < 4.78 is 28.2. The Hall–Kier alpha value is -3.06. The van der Waals surface area contributed by atoms with E-state index in [0.717, 1.165) is 0 Å². The normalized spacial score (nSPS) is 33.0. The summed E-state index contributed by atoms with van der Waals surface area (Å²) in [5.74, 6) is 0.119. The second kappa shape index (κ2) is 12.9. The van der Waals surface area contributed by atoms with Crippen LogP contribution < -0.4 is 9.47 Å². The number of aliphatic hydroxyl groups is 9. The third kappa shape index (κ3) is 6.15. The van der Waals surface area contributed by atoms with Crippen molar-refractivity contribution in [3.05, 3.63) is 42.0 Å². The first-order valence-electron chi connectivity index (χ1n) is 13.5. The van der Waals surface area contributed by atoms with Crippen molar-refractivity contribution in [3.63, 3.8) is 0 Å². The van der Waals surface area contributed by atoms with E-state index in [1.165, 1.54) is 18.2 Å². The number of aromatic hydroxyl groups is 1. The minimum absolute atomic E-state index is 0.0273. The van der Waals surface area contributed by atoms with Crippen molar-refractivity contribution in [3.8, 4) is 28.6 Å². The van der Waals surface area contributed by atoms with Crippen molar-refractivity contribution in [1.29, 1.82) is 0 Å². The molecule has 5 rings (SSSR count). The van der Waals surface area contributed by atoms with Gasteiger partial charge in [0.05, 0.1) is 13.2 Å². The van der Waals surface area contributed by atoms with Crippen LogP contribution in [0, 0.1) is 0 Å². The summed E-state index contributed by atoms with van der Waals surface area (Å²) in [5, 5.41) is 101. The van der Waals surface area contributed by atoms with Crippen LogP contribution in [0.5, 0.6) is 17.2 Å². The fourth-order valence-corrected chi connectivity index (χ4v) is 5.06. The van der Waals surface area contributed by atoms with Crippen molar-refractivity contribution < 1.29 is 74.4 Å². The van der Waals surface area contributed by atoms with E-state index in [9.17, 15) is 51.1 Å². The summed E-state index contributed by atoms with van der Waals surface area (Å²) in [4.78, 5) is 0. The minimum Gasteiger partial charge on any atom is -0.508 e. The first-order chi connectivity index (χ1) is 20.6. The molecular formula is C28H34O15. The van der Waals surface area contributed by atoms with Crippen molar-refractivity contribution in [2.75, 3.05) is 19.8 Å². The number of aliphatic hydroxyl groups excluding tert-OH is 9. The minimum atomic E-state index is -1.71. The molecular weight excluding hydrogens is 576 g/mol. The molecule has 0 unspecified atom stereocenters. The zero-order valence-corrected chi connectivity index (χ0v) is 22.6. The number of phenolic OH excluding ortho intramolecular Hbond substituents is 1. The molecule has 0 radical (unpaired) electrons. The molecule has 0 saturated carbocycles. The molecule has 1 aromatic heterocycles. The molecule has 2 aliphatic rings. The Morgan fingerprint density at radius 1 is 0.674 bits per heavy atom. The highest BCUT2D eigenvalue weighted by atomic mass is 16.7. The van der Waals surface area contributed by atoms with Gasteiger partial charge < -0.3 is 74.4 Å². The van der Waals surface area contributed by atoms with Gasteiger partial charge in [-0.15, -0.1) is 0 Å². The van der Waals surface area contributed by atoms with E-state index in [1.54, 1.807) is 18.2 Å². The molecule has 0 amide bonds. The van der Waals surface area contributed by atoms with Crippen LogP contribution in [-0.2, 0) is 15.9 Å². The van der Waals surface area contributed by atoms with Crippen molar-refractivity contribution >= 4 is 11.0 Å². The number of phenols is 1. The Morgan fingerprint density at radius 3 is 1.86 bits per heavy atom. The Balaban J connectivity index is 1.42. The lowest BCUT2D eigenvalue weighted by Gasteiger charge is -2.39. The van der Waals surface area contributed by atoms with E-state index >= 15 is 0 Å².